The Bertz CT molecular complexity index is 693. The van der Waals surface area contributed by atoms with Crippen LogP contribution in [0.1, 0.15) is 256 Å². The lowest BCUT2D eigenvalue weighted by Gasteiger charge is -2.05. The first-order valence-corrected chi connectivity index (χ1v) is 22.1. The van der Waals surface area contributed by atoms with Crippen LogP contribution in [0, 0.1) is 0 Å². The molecule has 1 N–H and O–H groups in total. The van der Waals surface area contributed by atoms with E-state index >= 15 is 0 Å². The van der Waals surface area contributed by atoms with Crippen molar-refractivity contribution in [1.82, 2.24) is 0 Å². The minimum Gasteiger partial charge on any atom is -0.508 e. The predicted octanol–water partition coefficient (Wildman–Crippen LogP) is 16.8. The molecule has 47 heavy (non-hydrogen) atoms. The van der Waals surface area contributed by atoms with E-state index in [4.69, 9.17) is 0 Å². The third kappa shape index (κ3) is 34.7. The van der Waals surface area contributed by atoms with E-state index in [9.17, 15) is 5.11 Å². The monoisotopic (exact) mass is 655 g/mol. The first-order chi connectivity index (χ1) is 23.3. The normalized spacial score (nSPS) is 11.5. The van der Waals surface area contributed by atoms with E-state index in [-0.39, 0.29) is 0 Å². The van der Waals surface area contributed by atoms with Gasteiger partial charge in [-0.25, -0.2) is 0 Å². The van der Waals surface area contributed by atoms with Crippen molar-refractivity contribution < 1.29 is 5.11 Å². The molecule has 0 spiro atoms. The number of unbranched alkanes of at least 4 members (excludes halogenated alkanes) is 37. The molecule has 0 aromatic heterocycles. The molecule has 0 aliphatic heterocycles. The van der Waals surface area contributed by atoms with Crippen LogP contribution in [0.25, 0.3) is 0 Å². The van der Waals surface area contributed by atoms with Gasteiger partial charge in [-0.05, 0) is 30.5 Å². The van der Waals surface area contributed by atoms with Crippen LogP contribution in [-0.4, -0.2) is 5.11 Å². The SMILES string of the molecule is CCCCCCCCCCCCCCCCCCCCCCCCCCCCCCCCCCCCCCCCc1ccc(O)cc1. The zero-order valence-corrected chi connectivity index (χ0v) is 32.3. The summed E-state index contributed by atoms with van der Waals surface area (Å²) < 4.78 is 0. The molecule has 0 radical (unpaired) electrons. The van der Waals surface area contributed by atoms with Gasteiger partial charge in [-0.2, -0.15) is 0 Å². The fourth-order valence-corrected chi connectivity index (χ4v) is 7.43. The highest BCUT2D eigenvalue weighted by Crippen LogP contribution is 2.18. The van der Waals surface area contributed by atoms with Gasteiger partial charge < -0.3 is 5.11 Å². The molecular weight excluding hydrogens is 569 g/mol. The maximum absolute atomic E-state index is 9.36. The number of aromatic hydroxyl groups is 1. The third-order valence-corrected chi connectivity index (χ3v) is 10.8. The summed E-state index contributed by atoms with van der Waals surface area (Å²) >= 11 is 0. The summed E-state index contributed by atoms with van der Waals surface area (Å²) in [4.78, 5) is 0. The Labute approximate surface area is 297 Å². The first-order valence-electron chi connectivity index (χ1n) is 22.1. The third-order valence-electron chi connectivity index (χ3n) is 10.8. The van der Waals surface area contributed by atoms with E-state index in [0.29, 0.717) is 5.75 Å². The summed E-state index contributed by atoms with van der Waals surface area (Å²) in [6.07, 6.45) is 56.7. The summed E-state index contributed by atoms with van der Waals surface area (Å²) in [5.74, 6) is 0.375. The molecule has 276 valence electrons. The number of phenolic OH excluding ortho intramolecular Hbond substituents is 1. The smallest absolute Gasteiger partial charge is 0.115 e. The largest absolute Gasteiger partial charge is 0.508 e. The quantitative estimate of drug-likeness (QED) is 0.0700. The molecule has 0 atom stereocenters. The van der Waals surface area contributed by atoms with E-state index in [1.54, 1.807) is 12.1 Å². The average Bonchev–Trinajstić information content (AvgIpc) is 3.08. The van der Waals surface area contributed by atoms with E-state index in [1.165, 1.54) is 250 Å². The zero-order valence-electron chi connectivity index (χ0n) is 32.3. The molecule has 0 bridgehead atoms. The number of benzene rings is 1. The van der Waals surface area contributed by atoms with Crippen LogP contribution >= 0.6 is 0 Å². The number of hydrogen-bond donors (Lipinski definition) is 1. The molecule has 0 amide bonds. The Morgan fingerprint density at radius 2 is 0.468 bits per heavy atom. The highest BCUT2D eigenvalue weighted by Gasteiger charge is 1.99. The van der Waals surface area contributed by atoms with Gasteiger partial charge in [0.05, 0.1) is 0 Å². The predicted molar refractivity (Wildman–Crippen MR) is 213 cm³/mol. The maximum atomic E-state index is 9.36. The Morgan fingerprint density at radius 1 is 0.277 bits per heavy atom. The van der Waals surface area contributed by atoms with Crippen molar-refractivity contribution in [2.75, 3.05) is 0 Å². The van der Waals surface area contributed by atoms with Gasteiger partial charge in [-0.15, -0.1) is 0 Å². The second kappa shape index (κ2) is 37.8. The topological polar surface area (TPSA) is 20.2 Å². The van der Waals surface area contributed by atoms with Crippen LogP contribution in [0.4, 0.5) is 0 Å². The standard InChI is InChI=1S/C46H86O/c1-2-3-4-5-6-7-8-9-10-11-12-13-14-15-16-17-18-19-20-21-22-23-24-25-26-27-28-29-30-31-32-33-34-35-36-37-38-39-40-45-41-43-46(47)44-42-45/h41-44,47H,2-40H2,1H3. The summed E-state index contributed by atoms with van der Waals surface area (Å²) in [5, 5.41) is 9.36. The van der Waals surface area contributed by atoms with Gasteiger partial charge in [-0.1, -0.05) is 257 Å². The highest BCUT2D eigenvalue weighted by molar-refractivity contribution is 5.25. The molecular formula is C46H86O. The molecule has 0 aliphatic rings. The van der Waals surface area contributed by atoms with Gasteiger partial charge in [0.25, 0.3) is 0 Å². The highest BCUT2D eigenvalue weighted by atomic mass is 16.3. The van der Waals surface area contributed by atoms with Crippen molar-refractivity contribution in [3.63, 3.8) is 0 Å². The maximum Gasteiger partial charge on any atom is 0.115 e. The fraction of sp³-hybridized carbons (Fsp3) is 0.870. The second-order valence-corrected chi connectivity index (χ2v) is 15.5. The van der Waals surface area contributed by atoms with Crippen LogP contribution in [0.15, 0.2) is 24.3 Å². The van der Waals surface area contributed by atoms with Crippen molar-refractivity contribution in [3.8, 4) is 5.75 Å². The fourth-order valence-electron chi connectivity index (χ4n) is 7.43. The summed E-state index contributed by atoms with van der Waals surface area (Å²) in [5.41, 5.74) is 1.36. The molecule has 0 unspecified atom stereocenters. The number of phenols is 1. The Kier molecular flexibility index (Phi) is 35.5. The van der Waals surface area contributed by atoms with Crippen molar-refractivity contribution >= 4 is 0 Å². The van der Waals surface area contributed by atoms with Crippen LogP contribution in [0.5, 0.6) is 5.75 Å². The number of rotatable bonds is 39. The van der Waals surface area contributed by atoms with Crippen LogP contribution < -0.4 is 0 Å². The molecule has 0 aliphatic carbocycles. The molecule has 0 saturated heterocycles. The molecule has 1 nitrogen and oxygen atoms in total. The van der Waals surface area contributed by atoms with Gasteiger partial charge in [0.2, 0.25) is 0 Å². The lowest BCUT2D eigenvalue weighted by Crippen LogP contribution is -1.86. The number of aryl methyl sites for hydroxylation is 1. The van der Waals surface area contributed by atoms with Crippen LogP contribution in [-0.2, 0) is 6.42 Å². The molecule has 1 aromatic rings. The van der Waals surface area contributed by atoms with Gasteiger partial charge in [0.1, 0.15) is 5.75 Å². The van der Waals surface area contributed by atoms with E-state index in [1.807, 2.05) is 0 Å². The van der Waals surface area contributed by atoms with Crippen molar-refractivity contribution in [2.45, 2.75) is 257 Å². The Balaban J connectivity index is 1.62. The van der Waals surface area contributed by atoms with Gasteiger partial charge >= 0.3 is 0 Å². The minimum atomic E-state index is 0.375. The summed E-state index contributed by atoms with van der Waals surface area (Å²) in [7, 11) is 0. The molecule has 1 aromatic carbocycles. The Morgan fingerprint density at radius 3 is 0.681 bits per heavy atom. The van der Waals surface area contributed by atoms with Crippen molar-refractivity contribution in [2.24, 2.45) is 0 Å². The lowest BCUT2D eigenvalue weighted by atomic mass is 10.0. The van der Waals surface area contributed by atoms with Gasteiger partial charge in [-0.3, -0.25) is 0 Å². The van der Waals surface area contributed by atoms with Crippen molar-refractivity contribution in [3.05, 3.63) is 29.8 Å². The summed E-state index contributed by atoms with van der Waals surface area (Å²) in [6.45, 7) is 2.31. The summed E-state index contributed by atoms with van der Waals surface area (Å²) in [6, 6.07) is 7.72. The van der Waals surface area contributed by atoms with Gasteiger partial charge in [0, 0.05) is 0 Å². The molecule has 0 fully saturated rings. The van der Waals surface area contributed by atoms with Crippen LogP contribution in [0.3, 0.4) is 0 Å². The first kappa shape index (κ1) is 44.0. The van der Waals surface area contributed by atoms with E-state index in [2.05, 4.69) is 19.1 Å². The molecule has 1 rings (SSSR count). The second-order valence-electron chi connectivity index (χ2n) is 15.5. The average molecular weight is 655 g/mol. The Hall–Kier alpha value is -0.980. The minimum absolute atomic E-state index is 0.375. The van der Waals surface area contributed by atoms with Gasteiger partial charge in [0.15, 0.2) is 0 Å². The van der Waals surface area contributed by atoms with E-state index < -0.39 is 0 Å². The van der Waals surface area contributed by atoms with Crippen LogP contribution in [0.2, 0.25) is 0 Å². The lowest BCUT2D eigenvalue weighted by molar-refractivity contribution is 0.475. The molecule has 1 heteroatoms. The zero-order chi connectivity index (χ0) is 33.6. The molecule has 0 heterocycles. The molecule has 0 saturated carbocycles. The van der Waals surface area contributed by atoms with Crippen molar-refractivity contribution in [1.29, 1.82) is 0 Å². The number of hydrogen-bond acceptors (Lipinski definition) is 1. The van der Waals surface area contributed by atoms with E-state index in [0.717, 1.165) is 6.42 Å².